The monoisotopic (exact) mass is 432 g/mol. The average Bonchev–Trinajstić information content (AvgIpc) is 3.46. The van der Waals surface area contributed by atoms with Crippen molar-refractivity contribution in [1.29, 1.82) is 5.26 Å². The first-order valence-corrected chi connectivity index (χ1v) is 10.5. The number of carboxylic acids is 1. The maximum atomic E-state index is 12.1. The molecule has 0 radical (unpaired) electrons. The van der Waals surface area contributed by atoms with Gasteiger partial charge >= 0.3 is 5.97 Å². The summed E-state index contributed by atoms with van der Waals surface area (Å²) < 4.78 is 3.92. The van der Waals surface area contributed by atoms with Crippen molar-refractivity contribution in [3.63, 3.8) is 0 Å². The largest absolute Gasteiger partial charge is 0.478 e. The molecular formula is C27H20N4O2. The highest BCUT2D eigenvalue weighted by Gasteiger charge is 2.17. The predicted octanol–water partition coefficient (Wildman–Crippen LogP) is 5.17. The fourth-order valence-electron chi connectivity index (χ4n) is 4.14. The lowest BCUT2D eigenvalue weighted by molar-refractivity contribution is 0.0697. The Morgan fingerprint density at radius 1 is 0.939 bits per heavy atom. The molecule has 0 fully saturated rings. The van der Waals surface area contributed by atoms with Crippen molar-refractivity contribution in [3.8, 4) is 17.2 Å². The number of nitrogens with zero attached hydrogens (tertiary/aromatic N) is 4. The smallest absolute Gasteiger partial charge is 0.337 e. The molecule has 3 aromatic carbocycles. The van der Waals surface area contributed by atoms with Crippen molar-refractivity contribution in [2.24, 2.45) is 0 Å². The third kappa shape index (κ3) is 4.00. The number of fused-ring (bicyclic) bond motifs is 1. The molecule has 2 aromatic heterocycles. The number of nitriles is 1. The average molecular weight is 432 g/mol. The van der Waals surface area contributed by atoms with Crippen LogP contribution < -0.4 is 0 Å². The van der Waals surface area contributed by atoms with Gasteiger partial charge in [0.05, 0.1) is 35.8 Å². The van der Waals surface area contributed by atoms with E-state index < -0.39 is 5.97 Å². The Morgan fingerprint density at radius 3 is 2.52 bits per heavy atom. The molecule has 6 heteroatoms. The Kier molecular flexibility index (Phi) is 5.21. The molecule has 0 saturated carbocycles. The highest BCUT2D eigenvalue weighted by Crippen LogP contribution is 2.32. The van der Waals surface area contributed by atoms with Crippen molar-refractivity contribution in [2.45, 2.75) is 13.1 Å². The summed E-state index contributed by atoms with van der Waals surface area (Å²) in [5, 5.41) is 21.0. The Morgan fingerprint density at radius 2 is 1.73 bits per heavy atom. The summed E-state index contributed by atoms with van der Waals surface area (Å²) in [5.41, 5.74) is 4.50. The van der Waals surface area contributed by atoms with Crippen LogP contribution in [0.4, 0.5) is 0 Å². The second-order valence-electron chi connectivity index (χ2n) is 7.91. The second kappa shape index (κ2) is 8.48. The van der Waals surface area contributed by atoms with E-state index in [0.29, 0.717) is 24.2 Å². The van der Waals surface area contributed by atoms with Gasteiger partial charge < -0.3 is 14.2 Å². The van der Waals surface area contributed by atoms with Gasteiger partial charge in [0.15, 0.2) is 0 Å². The first kappa shape index (κ1) is 20.3. The van der Waals surface area contributed by atoms with Gasteiger partial charge in [-0.3, -0.25) is 0 Å². The summed E-state index contributed by atoms with van der Waals surface area (Å²) in [6.45, 7) is 1.10. The second-order valence-corrected chi connectivity index (χ2v) is 7.91. The number of aromatic nitrogens is 3. The quantitative estimate of drug-likeness (QED) is 0.401. The molecule has 0 spiro atoms. The van der Waals surface area contributed by atoms with Crippen molar-refractivity contribution in [2.75, 3.05) is 0 Å². The first-order valence-electron chi connectivity index (χ1n) is 10.5. The van der Waals surface area contributed by atoms with E-state index in [1.807, 2.05) is 69.9 Å². The van der Waals surface area contributed by atoms with Gasteiger partial charge in [-0.25, -0.2) is 9.78 Å². The first-order chi connectivity index (χ1) is 16.1. The lowest BCUT2D eigenvalue weighted by Crippen LogP contribution is -2.07. The van der Waals surface area contributed by atoms with E-state index in [0.717, 1.165) is 27.6 Å². The standard InChI is InChI=1S/C27H20N4O2/c28-12-19-8-10-20(11-9-19)14-31-18-29-13-22(31)15-30-16-25(26(17-30)27(32)33)24-7-3-5-21-4-1-2-6-23(21)24/h1-11,13,16-18H,14-15H2,(H,32,33). The van der Waals surface area contributed by atoms with Crippen molar-refractivity contribution in [3.05, 3.63) is 114 Å². The van der Waals surface area contributed by atoms with Crippen LogP contribution >= 0.6 is 0 Å². The van der Waals surface area contributed by atoms with Crippen LogP contribution in [0.15, 0.2) is 91.6 Å². The van der Waals surface area contributed by atoms with Gasteiger partial charge in [0.25, 0.3) is 0 Å². The zero-order valence-electron chi connectivity index (χ0n) is 17.7. The maximum absolute atomic E-state index is 12.1. The van der Waals surface area contributed by atoms with Gasteiger partial charge in [-0.05, 0) is 34.0 Å². The van der Waals surface area contributed by atoms with E-state index in [9.17, 15) is 9.90 Å². The van der Waals surface area contributed by atoms with Crippen molar-refractivity contribution >= 4 is 16.7 Å². The van der Waals surface area contributed by atoms with Gasteiger partial charge in [-0.2, -0.15) is 5.26 Å². The summed E-state index contributed by atoms with van der Waals surface area (Å²) in [6.07, 6.45) is 7.13. The minimum atomic E-state index is -0.956. The molecule has 2 heterocycles. The third-order valence-electron chi connectivity index (χ3n) is 5.77. The van der Waals surface area contributed by atoms with E-state index >= 15 is 0 Å². The number of rotatable bonds is 6. The number of carbonyl (C=O) groups is 1. The number of hydrogen-bond donors (Lipinski definition) is 1. The van der Waals surface area contributed by atoms with Crippen LogP contribution in [-0.4, -0.2) is 25.2 Å². The highest BCUT2D eigenvalue weighted by molar-refractivity contribution is 6.03. The normalized spacial score (nSPS) is 10.9. The SMILES string of the molecule is N#Cc1ccc(Cn2cncc2Cn2cc(C(=O)O)c(-c3cccc4ccccc34)c2)cc1. The topological polar surface area (TPSA) is 83.8 Å². The molecule has 0 saturated heterocycles. The number of aromatic carboxylic acids is 1. The van der Waals surface area contributed by atoms with Crippen molar-refractivity contribution in [1.82, 2.24) is 14.1 Å². The lowest BCUT2D eigenvalue weighted by atomic mass is 9.98. The Labute approximate surface area is 190 Å². The molecule has 1 N–H and O–H groups in total. The molecule has 0 aliphatic heterocycles. The molecule has 33 heavy (non-hydrogen) atoms. The zero-order chi connectivity index (χ0) is 22.8. The Balaban J connectivity index is 1.48. The minimum Gasteiger partial charge on any atom is -0.478 e. The van der Waals surface area contributed by atoms with Crippen LogP contribution in [0.5, 0.6) is 0 Å². The highest BCUT2D eigenvalue weighted by atomic mass is 16.4. The molecule has 5 aromatic rings. The molecule has 0 unspecified atom stereocenters. The summed E-state index contributed by atoms with van der Waals surface area (Å²) in [4.78, 5) is 16.3. The van der Waals surface area contributed by atoms with Crippen LogP contribution in [-0.2, 0) is 13.1 Å². The zero-order valence-corrected chi connectivity index (χ0v) is 17.7. The van der Waals surface area contributed by atoms with E-state index in [4.69, 9.17) is 5.26 Å². The van der Waals surface area contributed by atoms with Crippen LogP contribution in [0.3, 0.4) is 0 Å². The number of imidazole rings is 1. The minimum absolute atomic E-state index is 0.268. The predicted molar refractivity (Wildman–Crippen MR) is 126 cm³/mol. The van der Waals surface area contributed by atoms with Crippen LogP contribution in [0.25, 0.3) is 21.9 Å². The van der Waals surface area contributed by atoms with Crippen molar-refractivity contribution < 1.29 is 9.90 Å². The van der Waals surface area contributed by atoms with E-state index in [2.05, 4.69) is 11.1 Å². The molecule has 0 amide bonds. The van der Waals surface area contributed by atoms with Gasteiger partial charge in [0.1, 0.15) is 0 Å². The van der Waals surface area contributed by atoms with Gasteiger partial charge in [0.2, 0.25) is 0 Å². The molecule has 160 valence electrons. The molecule has 0 atom stereocenters. The molecule has 6 nitrogen and oxygen atoms in total. The summed E-state index contributed by atoms with van der Waals surface area (Å²) in [7, 11) is 0. The maximum Gasteiger partial charge on any atom is 0.337 e. The molecule has 5 rings (SSSR count). The summed E-state index contributed by atoms with van der Waals surface area (Å²) in [6, 6.07) is 23.5. The summed E-state index contributed by atoms with van der Waals surface area (Å²) >= 11 is 0. The van der Waals surface area contributed by atoms with Crippen LogP contribution in [0.1, 0.15) is 27.2 Å². The number of benzene rings is 3. The van der Waals surface area contributed by atoms with Gasteiger partial charge in [-0.1, -0.05) is 54.6 Å². The van der Waals surface area contributed by atoms with E-state index in [1.54, 1.807) is 30.9 Å². The molecule has 0 bridgehead atoms. The lowest BCUT2D eigenvalue weighted by Gasteiger charge is -2.09. The van der Waals surface area contributed by atoms with E-state index in [1.165, 1.54) is 0 Å². The molecule has 0 aliphatic carbocycles. The number of carboxylic acid groups (broad SMARTS) is 1. The molecule has 0 aliphatic rings. The van der Waals surface area contributed by atoms with Crippen LogP contribution in [0, 0.1) is 11.3 Å². The third-order valence-corrected chi connectivity index (χ3v) is 5.77. The number of hydrogen-bond acceptors (Lipinski definition) is 3. The Bertz CT molecular complexity index is 1500. The van der Waals surface area contributed by atoms with Gasteiger partial charge in [-0.15, -0.1) is 0 Å². The fraction of sp³-hybridized carbons (Fsp3) is 0.0741. The van der Waals surface area contributed by atoms with Crippen LogP contribution in [0.2, 0.25) is 0 Å². The Hall–Kier alpha value is -4.63. The fourth-order valence-corrected chi connectivity index (χ4v) is 4.14. The summed E-state index contributed by atoms with van der Waals surface area (Å²) in [5.74, 6) is -0.956. The van der Waals surface area contributed by atoms with Gasteiger partial charge in [0, 0.05) is 30.7 Å². The van der Waals surface area contributed by atoms with E-state index in [-0.39, 0.29) is 5.56 Å². The molecular weight excluding hydrogens is 412 g/mol.